The van der Waals surface area contributed by atoms with Crippen LogP contribution in [-0.4, -0.2) is 33.6 Å². The van der Waals surface area contributed by atoms with Gasteiger partial charge in [0.25, 0.3) is 0 Å². The summed E-state index contributed by atoms with van der Waals surface area (Å²) in [6.45, 7) is -2.36. The second-order valence-corrected chi connectivity index (χ2v) is 4.58. The summed E-state index contributed by atoms with van der Waals surface area (Å²) in [6, 6.07) is -0.493. The first-order valence-electron chi connectivity index (χ1n) is 6.11. The molecule has 8 heteroatoms. The number of anilines is 1. The van der Waals surface area contributed by atoms with Crippen LogP contribution in [0.1, 0.15) is 25.8 Å². The molecular weight excluding hydrogens is 258 g/mol. The Kier molecular flexibility index (Phi) is 4.31. The van der Waals surface area contributed by atoms with Gasteiger partial charge in [0.2, 0.25) is 0 Å². The van der Waals surface area contributed by atoms with Crippen molar-refractivity contribution in [1.29, 1.82) is 0 Å². The predicted molar refractivity (Wildman–Crippen MR) is 63.8 cm³/mol. The molecule has 0 aliphatic heterocycles. The average Bonchev–Trinajstić information content (AvgIpc) is 2.96. The lowest BCUT2D eigenvalue weighted by Crippen LogP contribution is -2.35. The van der Waals surface area contributed by atoms with Gasteiger partial charge < -0.3 is 15.7 Å². The smallest absolute Gasteiger partial charge is 0.333 e. The molecule has 1 aliphatic carbocycles. The van der Waals surface area contributed by atoms with E-state index in [9.17, 15) is 18.7 Å². The third-order valence-corrected chi connectivity index (χ3v) is 3.20. The molecule has 0 radical (unpaired) electrons. The number of aliphatic hydroxyl groups excluding tert-OH is 1. The van der Waals surface area contributed by atoms with E-state index in [4.69, 9.17) is 0 Å². The molecule has 2 amide bonds. The fourth-order valence-electron chi connectivity index (χ4n) is 2.16. The largest absolute Gasteiger partial charge is 0.393 e. The Hall–Kier alpha value is -1.70. The second kappa shape index (κ2) is 5.96. The van der Waals surface area contributed by atoms with Crippen molar-refractivity contribution in [3.8, 4) is 0 Å². The number of nitrogens with one attached hydrogen (secondary N) is 2. The Morgan fingerprint density at radius 3 is 2.95 bits per heavy atom. The van der Waals surface area contributed by atoms with Crippen molar-refractivity contribution in [3.63, 3.8) is 0 Å². The van der Waals surface area contributed by atoms with Gasteiger partial charge >= 0.3 is 12.6 Å². The number of halogens is 2. The van der Waals surface area contributed by atoms with Crippen LogP contribution >= 0.6 is 0 Å². The Balaban J connectivity index is 1.77. The number of urea groups is 1. The van der Waals surface area contributed by atoms with Gasteiger partial charge in [0.15, 0.2) is 0 Å². The van der Waals surface area contributed by atoms with E-state index in [1.807, 2.05) is 0 Å². The van der Waals surface area contributed by atoms with Crippen molar-refractivity contribution in [2.24, 2.45) is 5.92 Å². The van der Waals surface area contributed by atoms with E-state index in [0.29, 0.717) is 11.2 Å². The lowest BCUT2D eigenvalue weighted by Gasteiger charge is -2.15. The maximum absolute atomic E-state index is 12.3. The van der Waals surface area contributed by atoms with Crippen LogP contribution in [0.25, 0.3) is 0 Å². The van der Waals surface area contributed by atoms with Crippen LogP contribution in [-0.2, 0) is 0 Å². The average molecular weight is 274 g/mol. The Morgan fingerprint density at radius 2 is 2.37 bits per heavy atom. The van der Waals surface area contributed by atoms with Crippen LogP contribution in [0.5, 0.6) is 0 Å². The van der Waals surface area contributed by atoms with Gasteiger partial charge in [0.1, 0.15) is 0 Å². The molecular formula is C11H16F2N4O2. The minimum atomic E-state index is -2.73. The fourth-order valence-corrected chi connectivity index (χ4v) is 2.16. The third kappa shape index (κ3) is 3.63. The van der Waals surface area contributed by atoms with Crippen LogP contribution in [0.15, 0.2) is 12.4 Å². The van der Waals surface area contributed by atoms with Crippen LogP contribution in [0, 0.1) is 5.92 Å². The Bertz CT molecular complexity index is 438. The van der Waals surface area contributed by atoms with Gasteiger partial charge in [0, 0.05) is 12.5 Å². The molecule has 106 valence electrons. The number of carbonyl (C=O) groups excluding carboxylic acids is 1. The van der Waals surface area contributed by atoms with E-state index in [0.717, 1.165) is 31.7 Å². The minimum absolute atomic E-state index is 0.0644. The van der Waals surface area contributed by atoms with Crippen molar-refractivity contribution < 1.29 is 18.7 Å². The van der Waals surface area contributed by atoms with E-state index in [2.05, 4.69) is 15.7 Å². The summed E-state index contributed by atoms with van der Waals surface area (Å²) in [7, 11) is 0. The number of hydrogen-bond donors (Lipinski definition) is 3. The number of rotatable bonds is 4. The van der Waals surface area contributed by atoms with Crippen LogP contribution in [0.2, 0.25) is 0 Å². The van der Waals surface area contributed by atoms with Gasteiger partial charge in [-0.15, -0.1) is 0 Å². The molecule has 1 aliphatic rings. The highest BCUT2D eigenvalue weighted by molar-refractivity contribution is 5.88. The molecule has 1 heterocycles. The number of hydrogen-bond acceptors (Lipinski definition) is 3. The van der Waals surface area contributed by atoms with Gasteiger partial charge in [-0.05, 0) is 12.8 Å². The van der Waals surface area contributed by atoms with Crippen molar-refractivity contribution in [3.05, 3.63) is 12.4 Å². The summed E-state index contributed by atoms with van der Waals surface area (Å²) >= 11 is 0. The van der Waals surface area contributed by atoms with Crippen LogP contribution in [0.3, 0.4) is 0 Å². The molecule has 0 saturated heterocycles. The monoisotopic (exact) mass is 274 g/mol. The molecule has 1 aromatic rings. The third-order valence-electron chi connectivity index (χ3n) is 3.20. The molecule has 6 nitrogen and oxygen atoms in total. The first kappa shape index (κ1) is 13.7. The number of aromatic nitrogens is 2. The lowest BCUT2D eigenvalue weighted by atomic mass is 10.1. The van der Waals surface area contributed by atoms with E-state index < -0.39 is 12.6 Å². The summed E-state index contributed by atoms with van der Waals surface area (Å²) in [6.07, 6.45) is 4.42. The topological polar surface area (TPSA) is 79.2 Å². The highest BCUT2D eigenvalue weighted by Gasteiger charge is 2.25. The van der Waals surface area contributed by atoms with E-state index in [1.54, 1.807) is 0 Å². The zero-order valence-corrected chi connectivity index (χ0v) is 10.2. The molecule has 0 spiro atoms. The highest BCUT2D eigenvalue weighted by atomic mass is 19.3. The maximum Gasteiger partial charge on any atom is 0.333 e. The summed E-state index contributed by atoms with van der Waals surface area (Å²) in [5.74, 6) is 0.0644. The summed E-state index contributed by atoms with van der Waals surface area (Å²) in [4.78, 5) is 11.5. The summed E-state index contributed by atoms with van der Waals surface area (Å²) in [5, 5.41) is 18.0. The molecule has 1 saturated carbocycles. The fraction of sp³-hybridized carbons (Fsp3) is 0.636. The molecule has 0 unspecified atom stereocenters. The van der Waals surface area contributed by atoms with E-state index in [-0.39, 0.29) is 17.7 Å². The predicted octanol–water partition coefficient (Wildman–Crippen LogP) is 1.56. The molecule has 19 heavy (non-hydrogen) atoms. The summed E-state index contributed by atoms with van der Waals surface area (Å²) in [5.41, 5.74) is 0.199. The van der Waals surface area contributed by atoms with Crippen molar-refractivity contribution in [1.82, 2.24) is 15.1 Å². The molecule has 2 atom stereocenters. The zero-order valence-electron chi connectivity index (χ0n) is 10.2. The maximum atomic E-state index is 12.3. The lowest BCUT2D eigenvalue weighted by molar-refractivity contribution is 0.0566. The quantitative estimate of drug-likeness (QED) is 0.779. The van der Waals surface area contributed by atoms with Crippen LogP contribution in [0.4, 0.5) is 19.3 Å². The Morgan fingerprint density at radius 1 is 1.58 bits per heavy atom. The molecule has 1 fully saturated rings. The zero-order chi connectivity index (χ0) is 13.8. The second-order valence-electron chi connectivity index (χ2n) is 4.58. The van der Waals surface area contributed by atoms with Crippen LogP contribution < -0.4 is 10.6 Å². The van der Waals surface area contributed by atoms with E-state index in [1.165, 1.54) is 0 Å². The first-order valence-corrected chi connectivity index (χ1v) is 6.11. The molecule has 2 rings (SSSR count). The number of carbonyl (C=O) groups is 1. The number of amides is 2. The number of aliphatic hydroxyl groups is 1. The molecule has 0 aromatic carbocycles. The molecule has 1 aromatic heterocycles. The highest BCUT2D eigenvalue weighted by Crippen LogP contribution is 2.24. The van der Waals surface area contributed by atoms with Crippen molar-refractivity contribution >= 4 is 11.7 Å². The first-order chi connectivity index (χ1) is 9.06. The summed E-state index contributed by atoms with van der Waals surface area (Å²) < 4.78 is 25.0. The Labute approximate surface area is 108 Å². The molecule has 0 bridgehead atoms. The normalized spacial score (nSPS) is 22.7. The van der Waals surface area contributed by atoms with Gasteiger partial charge in [-0.25, -0.2) is 9.48 Å². The number of nitrogens with zero attached hydrogens (tertiary/aromatic N) is 2. The van der Waals surface area contributed by atoms with Gasteiger partial charge in [-0.3, -0.25) is 0 Å². The molecule has 3 N–H and O–H groups in total. The van der Waals surface area contributed by atoms with E-state index >= 15 is 0 Å². The minimum Gasteiger partial charge on any atom is -0.393 e. The van der Waals surface area contributed by atoms with Crippen molar-refractivity contribution in [2.75, 3.05) is 11.9 Å². The van der Waals surface area contributed by atoms with Gasteiger partial charge in [-0.1, -0.05) is 6.42 Å². The van der Waals surface area contributed by atoms with Crippen molar-refractivity contribution in [2.45, 2.75) is 31.9 Å². The standard InChI is InChI=1S/C11H16F2N4O2/c12-10(13)17-6-8(5-15-17)16-11(19)14-4-7-2-1-3-9(7)18/h5-7,9-10,18H,1-4H2,(H2,14,16,19)/t7-,9+/m1/s1. The SMILES string of the molecule is O=C(NC[C@H]1CCC[C@@H]1O)Nc1cnn(C(F)F)c1. The van der Waals surface area contributed by atoms with Gasteiger partial charge in [-0.2, -0.15) is 13.9 Å². The van der Waals surface area contributed by atoms with Gasteiger partial charge in [0.05, 0.1) is 24.2 Å². The number of alkyl halides is 2.